The normalized spacial score (nSPS) is 9.30. The van der Waals surface area contributed by atoms with Crippen molar-refractivity contribution in [3.05, 3.63) is 24.5 Å². The second-order valence-electron chi connectivity index (χ2n) is 1.98. The molecule has 3 nitrogen and oxygen atoms in total. The van der Waals surface area contributed by atoms with E-state index in [-0.39, 0.29) is 5.91 Å². The number of hydrogen-bond donors (Lipinski definition) is 1. The molecule has 0 atom stereocenters. The summed E-state index contributed by atoms with van der Waals surface area (Å²) in [5.41, 5.74) is 2.65. The Bertz CT molecular complexity index is 203. The fourth-order valence-electron chi connectivity index (χ4n) is 0.632. The van der Waals surface area contributed by atoms with Gasteiger partial charge in [0.2, 0.25) is 5.91 Å². The van der Waals surface area contributed by atoms with Crippen molar-refractivity contribution in [2.75, 3.05) is 5.43 Å². The van der Waals surface area contributed by atoms with Crippen LogP contribution in [0.1, 0.15) is 13.3 Å². The molecule has 1 heterocycles. The van der Waals surface area contributed by atoms with Gasteiger partial charge in [0.15, 0.2) is 0 Å². The fraction of sp³-hybridized carbons (Fsp3) is 0.286. The molecule has 0 spiro atoms. The van der Waals surface area contributed by atoms with E-state index in [1.807, 2.05) is 19.1 Å². The minimum Gasteiger partial charge on any atom is -0.273 e. The molecule has 0 radical (unpaired) electrons. The predicted octanol–water partition coefficient (Wildman–Crippen LogP) is 0.968. The zero-order valence-electron chi connectivity index (χ0n) is 5.87. The first-order chi connectivity index (χ1) is 4.83. The minimum atomic E-state index is 0.0243. The van der Waals surface area contributed by atoms with Crippen LogP contribution in [0.3, 0.4) is 0 Å². The van der Waals surface area contributed by atoms with Crippen molar-refractivity contribution < 1.29 is 4.79 Å². The highest BCUT2D eigenvalue weighted by Crippen LogP contribution is 1.86. The molecule has 0 bridgehead atoms. The SMILES string of the molecule is CCC(=O)Nn1cccc1. The molecule has 0 saturated heterocycles. The summed E-state index contributed by atoms with van der Waals surface area (Å²) in [6.45, 7) is 1.82. The lowest BCUT2D eigenvalue weighted by Crippen LogP contribution is -2.19. The van der Waals surface area contributed by atoms with E-state index in [2.05, 4.69) is 5.43 Å². The van der Waals surface area contributed by atoms with Crippen molar-refractivity contribution in [3.63, 3.8) is 0 Å². The summed E-state index contributed by atoms with van der Waals surface area (Å²) in [5.74, 6) is 0.0243. The molecule has 3 heteroatoms. The van der Waals surface area contributed by atoms with Gasteiger partial charge in [-0.2, -0.15) is 0 Å². The molecule has 0 aliphatic heterocycles. The molecule has 10 heavy (non-hydrogen) atoms. The van der Waals surface area contributed by atoms with Gasteiger partial charge in [0.05, 0.1) is 0 Å². The van der Waals surface area contributed by atoms with Gasteiger partial charge in [-0.1, -0.05) is 6.92 Å². The molecular weight excluding hydrogens is 128 g/mol. The Morgan fingerprint density at radius 1 is 1.50 bits per heavy atom. The number of carbonyl (C=O) groups is 1. The Hall–Kier alpha value is -1.25. The van der Waals surface area contributed by atoms with Crippen LogP contribution < -0.4 is 5.43 Å². The lowest BCUT2D eigenvalue weighted by atomic mass is 10.5. The molecule has 1 amide bonds. The quantitative estimate of drug-likeness (QED) is 0.649. The summed E-state index contributed by atoms with van der Waals surface area (Å²) >= 11 is 0. The van der Waals surface area contributed by atoms with Crippen LogP contribution >= 0.6 is 0 Å². The number of nitrogens with one attached hydrogen (secondary N) is 1. The summed E-state index contributed by atoms with van der Waals surface area (Å²) in [6, 6.07) is 3.71. The van der Waals surface area contributed by atoms with Crippen LogP contribution in [-0.2, 0) is 4.79 Å². The second-order valence-corrected chi connectivity index (χ2v) is 1.98. The van der Waals surface area contributed by atoms with Gasteiger partial charge in [0, 0.05) is 18.8 Å². The van der Waals surface area contributed by atoms with Crippen LogP contribution in [0.25, 0.3) is 0 Å². The molecule has 1 aromatic rings. The lowest BCUT2D eigenvalue weighted by molar-refractivity contribution is -0.116. The van der Waals surface area contributed by atoms with Gasteiger partial charge in [0.25, 0.3) is 0 Å². The van der Waals surface area contributed by atoms with E-state index in [0.29, 0.717) is 6.42 Å². The largest absolute Gasteiger partial charge is 0.273 e. The minimum absolute atomic E-state index is 0.0243. The van der Waals surface area contributed by atoms with Crippen molar-refractivity contribution >= 4 is 5.91 Å². The number of hydrogen-bond acceptors (Lipinski definition) is 1. The number of rotatable bonds is 2. The maximum absolute atomic E-state index is 10.7. The highest BCUT2D eigenvalue weighted by molar-refractivity contribution is 5.83. The van der Waals surface area contributed by atoms with Crippen molar-refractivity contribution in [1.29, 1.82) is 0 Å². The first kappa shape index (κ1) is 6.86. The monoisotopic (exact) mass is 138 g/mol. The maximum atomic E-state index is 10.7. The zero-order chi connectivity index (χ0) is 7.40. The van der Waals surface area contributed by atoms with Crippen molar-refractivity contribution in [3.8, 4) is 0 Å². The fourth-order valence-corrected chi connectivity index (χ4v) is 0.632. The molecule has 0 saturated carbocycles. The lowest BCUT2D eigenvalue weighted by Gasteiger charge is -2.02. The number of carbonyl (C=O) groups excluding carboxylic acids is 1. The van der Waals surface area contributed by atoms with Crippen molar-refractivity contribution in [2.24, 2.45) is 0 Å². The summed E-state index contributed by atoms with van der Waals surface area (Å²) in [6.07, 6.45) is 4.08. The van der Waals surface area contributed by atoms with E-state index in [0.717, 1.165) is 0 Å². The molecule has 54 valence electrons. The Morgan fingerprint density at radius 2 is 2.10 bits per heavy atom. The third kappa shape index (κ3) is 1.62. The van der Waals surface area contributed by atoms with Crippen LogP contribution in [0.5, 0.6) is 0 Å². The molecule has 0 unspecified atom stereocenters. The Labute approximate surface area is 59.6 Å². The van der Waals surface area contributed by atoms with Crippen LogP contribution in [0, 0.1) is 0 Å². The zero-order valence-corrected chi connectivity index (χ0v) is 5.87. The first-order valence-corrected chi connectivity index (χ1v) is 3.25. The predicted molar refractivity (Wildman–Crippen MR) is 39.1 cm³/mol. The first-order valence-electron chi connectivity index (χ1n) is 3.25. The van der Waals surface area contributed by atoms with E-state index in [9.17, 15) is 4.79 Å². The van der Waals surface area contributed by atoms with Crippen molar-refractivity contribution in [1.82, 2.24) is 4.68 Å². The highest BCUT2D eigenvalue weighted by Gasteiger charge is 1.93. The van der Waals surface area contributed by atoms with Gasteiger partial charge in [-0.15, -0.1) is 0 Å². The Balaban J connectivity index is 2.48. The topological polar surface area (TPSA) is 34.0 Å². The van der Waals surface area contributed by atoms with Gasteiger partial charge in [-0.05, 0) is 12.1 Å². The third-order valence-corrected chi connectivity index (χ3v) is 1.18. The van der Waals surface area contributed by atoms with Crippen LogP contribution in [0.4, 0.5) is 0 Å². The van der Waals surface area contributed by atoms with Crippen LogP contribution in [0.2, 0.25) is 0 Å². The summed E-state index contributed by atoms with van der Waals surface area (Å²) in [7, 11) is 0. The molecule has 1 rings (SSSR count). The number of aromatic nitrogens is 1. The molecule has 0 aliphatic carbocycles. The average molecular weight is 138 g/mol. The highest BCUT2D eigenvalue weighted by atomic mass is 16.2. The molecule has 0 aliphatic rings. The van der Waals surface area contributed by atoms with Gasteiger partial charge < -0.3 is 0 Å². The molecule has 1 aromatic heterocycles. The molecule has 0 fully saturated rings. The maximum Gasteiger partial charge on any atom is 0.238 e. The van der Waals surface area contributed by atoms with Gasteiger partial charge in [-0.3, -0.25) is 14.9 Å². The van der Waals surface area contributed by atoms with Gasteiger partial charge >= 0.3 is 0 Å². The Morgan fingerprint density at radius 3 is 2.60 bits per heavy atom. The van der Waals surface area contributed by atoms with Crippen LogP contribution in [-0.4, -0.2) is 10.6 Å². The molecule has 1 N–H and O–H groups in total. The third-order valence-electron chi connectivity index (χ3n) is 1.18. The van der Waals surface area contributed by atoms with E-state index >= 15 is 0 Å². The summed E-state index contributed by atoms with van der Waals surface area (Å²) in [5, 5.41) is 0. The standard InChI is InChI=1S/C7H10N2O/c1-2-7(10)8-9-5-3-4-6-9/h3-6H,2H2,1H3,(H,8,10). The van der Waals surface area contributed by atoms with E-state index in [1.54, 1.807) is 17.1 Å². The summed E-state index contributed by atoms with van der Waals surface area (Å²) < 4.78 is 1.63. The number of nitrogens with zero attached hydrogens (tertiary/aromatic N) is 1. The van der Waals surface area contributed by atoms with Gasteiger partial charge in [0.1, 0.15) is 0 Å². The second kappa shape index (κ2) is 3.06. The smallest absolute Gasteiger partial charge is 0.238 e. The van der Waals surface area contributed by atoms with Gasteiger partial charge in [-0.25, -0.2) is 0 Å². The average Bonchev–Trinajstić information content (AvgIpc) is 2.40. The van der Waals surface area contributed by atoms with E-state index in [4.69, 9.17) is 0 Å². The Kier molecular flexibility index (Phi) is 2.10. The summed E-state index contributed by atoms with van der Waals surface area (Å²) in [4.78, 5) is 10.7. The van der Waals surface area contributed by atoms with E-state index < -0.39 is 0 Å². The molecule has 0 aromatic carbocycles. The van der Waals surface area contributed by atoms with Crippen LogP contribution in [0.15, 0.2) is 24.5 Å². The molecular formula is C7H10N2O. The number of amides is 1. The van der Waals surface area contributed by atoms with Crippen molar-refractivity contribution in [2.45, 2.75) is 13.3 Å². The van der Waals surface area contributed by atoms with E-state index in [1.165, 1.54) is 0 Å².